The fourth-order valence-corrected chi connectivity index (χ4v) is 2.09. The Kier molecular flexibility index (Phi) is 2.35. The van der Waals surface area contributed by atoms with Crippen LogP contribution in [0.3, 0.4) is 0 Å². The molecule has 0 amide bonds. The fourth-order valence-electron chi connectivity index (χ4n) is 1.15. The molecule has 5 heteroatoms. The van der Waals surface area contributed by atoms with Crippen LogP contribution in [-0.2, 0) is 7.05 Å². The molecule has 0 spiro atoms. The largest absolute Gasteiger partial charge is 0.387 e. The Balaban J connectivity index is 2.39. The predicted octanol–water partition coefficient (Wildman–Crippen LogP) is 1.60. The fraction of sp³-hybridized carbons (Fsp3) is 0.333. The van der Waals surface area contributed by atoms with E-state index in [9.17, 15) is 5.11 Å². The van der Waals surface area contributed by atoms with Crippen molar-refractivity contribution in [3.05, 3.63) is 23.5 Å². The van der Waals surface area contributed by atoms with E-state index in [0.717, 1.165) is 10.8 Å². The van der Waals surface area contributed by atoms with Crippen molar-refractivity contribution in [3.63, 3.8) is 0 Å². The average molecular weight is 209 g/mol. The highest BCUT2D eigenvalue weighted by Crippen LogP contribution is 2.24. The molecule has 2 aromatic heterocycles. The zero-order valence-electron chi connectivity index (χ0n) is 8.01. The number of rotatable bonds is 2. The minimum absolute atomic E-state index is 0.514. The lowest BCUT2D eigenvalue weighted by Gasteiger charge is -1.97. The highest BCUT2D eigenvalue weighted by atomic mass is 32.1. The van der Waals surface area contributed by atoms with Crippen LogP contribution in [0.5, 0.6) is 0 Å². The van der Waals surface area contributed by atoms with Gasteiger partial charge in [0.15, 0.2) is 10.8 Å². The molecule has 1 atom stereocenters. The first kappa shape index (κ1) is 9.36. The molecule has 0 fully saturated rings. The minimum Gasteiger partial charge on any atom is -0.387 e. The molecular weight excluding hydrogens is 198 g/mol. The van der Waals surface area contributed by atoms with Crippen LogP contribution in [0.15, 0.2) is 17.8 Å². The third-order valence-corrected chi connectivity index (χ3v) is 2.82. The summed E-state index contributed by atoms with van der Waals surface area (Å²) >= 11 is 1.50. The van der Waals surface area contributed by atoms with E-state index < -0.39 is 6.10 Å². The molecule has 0 bridgehead atoms. The first-order valence-corrected chi connectivity index (χ1v) is 5.17. The molecule has 4 nitrogen and oxygen atoms in total. The molecule has 14 heavy (non-hydrogen) atoms. The van der Waals surface area contributed by atoms with E-state index in [-0.39, 0.29) is 0 Å². The van der Waals surface area contributed by atoms with E-state index in [4.69, 9.17) is 0 Å². The normalized spacial score (nSPS) is 13.1. The van der Waals surface area contributed by atoms with E-state index in [0.29, 0.717) is 5.69 Å². The number of aromatic nitrogens is 3. The number of hydrogen-bond acceptors (Lipinski definition) is 4. The summed E-state index contributed by atoms with van der Waals surface area (Å²) in [6.45, 7) is 1.71. The maximum atomic E-state index is 9.32. The lowest BCUT2D eigenvalue weighted by Crippen LogP contribution is -1.93. The summed E-state index contributed by atoms with van der Waals surface area (Å²) in [5.41, 5.74) is 0.702. The molecule has 2 rings (SSSR count). The summed E-state index contributed by atoms with van der Waals surface area (Å²) in [4.78, 5) is 8.49. The molecule has 0 radical (unpaired) electrons. The van der Waals surface area contributed by atoms with Crippen molar-refractivity contribution in [3.8, 4) is 10.8 Å². The minimum atomic E-state index is -0.514. The Bertz CT molecular complexity index is 433. The van der Waals surface area contributed by atoms with Crippen molar-refractivity contribution in [2.75, 3.05) is 0 Å². The summed E-state index contributed by atoms with van der Waals surface area (Å²) in [6.07, 6.45) is 3.10. The van der Waals surface area contributed by atoms with Gasteiger partial charge in [0.2, 0.25) is 0 Å². The maximum Gasteiger partial charge on any atom is 0.168 e. The molecule has 0 saturated heterocycles. The van der Waals surface area contributed by atoms with Gasteiger partial charge in [0, 0.05) is 24.8 Å². The second kappa shape index (κ2) is 3.51. The number of aliphatic hydroxyl groups excluding tert-OH is 1. The first-order chi connectivity index (χ1) is 6.68. The van der Waals surface area contributed by atoms with Crippen LogP contribution in [0.25, 0.3) is 10.8 Å². The lowest BCUT2D eigenvalue weighted by molar-refractivity contribution is 0.195. The van der Waals surface area contributed by atoms with Gasteiger partial charge in [-0.05, 0) is 6.92 Å². The van der Waals surface area contributed by atoms with E-state index in [1.54, 1.807) is 13.1 Å². The summed E-state index contributed by atoms with van der Waals surface area (Å²) in [5, 5.41) is 12.0. The van der Waals surface area contributed by atoms with E-state index in [1.807, 2.05) is 23.2 Å². The van der Waals surface area contributed by atoms with Gasteiger partial charge in [-0.15, -0.1) is 11.3 Å². The molecule has 0 saturated carbocycles. The van der Waals surface area contributed by atoms with Gasteiger partial charge >= 0.3 is 0 Å². The molecule has 1 unspecified atom stereocenters. The Morgan fingerprint density at radius 1 is 1.57 bits per heavy atom. The van der Waals surface area contributed by atoms with Crippen molar-refractivity contribution in [2.45, 2.75) is 13.0 Å². The summed E-state index contributed by atoms with van der Waals surface area (Å²) in [6, 6.07) is 0. The molecular formula is C9H11N3OS. The third kappa shape index (κ3) is 1.56. The molecule has 2 aromatic rings. The van der Waals surface area contributed by atoms with Crippen molar-refractivity contribution in [1.82, 2.24) is 14.5 Å². The van der Waals surface area contributed by atoms with Crippen LogP contribution in [0, 0.1) is 0 Å². The monoisotopic (exact) mass is 209 g/mol. The summed E-state index contributed by atoms with van der Waals surface area (Å²) < 4.78 is 1.91. The summed E-state index contributed by atoms with van der Waals surface area (Å²) in [5.74, 6) is 0.835. The van der Waals surface area contributed by atoms with E-state index >= 15 is 0 Å². The van der Waals surface area contributed by atoms with Gasteiger partial charge in [-0.2, -0.15) is 0 Å². The predicted molar refractivity (Wildman–Crippen MR) is 54.9 cm³/mol. The quantitative estimate of drug-likeness (QED) is 0.817. The third-order valence-electron chi connectivity index (χ3n) is 1.96. The van der Waals surface area contributed by atoms with Gasteiger partial charge in [-0.3, -0.25) is 0 Å². The molecule has 74 valence electrons. The second-order valence-electron chi connectivity index (χ2n) is 3.12. The molecule has 0 aromatic carbocycles. The van der Waals surface area contributed by atoms with Crippen molar-refractivity contribution in [2.24, 2.45) is 7.05 Å². The van der Waals surface area contributed by atoms with Gasteiger partial charge in [0.05, 0.1) is 11.8 Å². The SMILES string of the molecule is CC(O)c1csc(-c2nccn2C)n1. The number of imidazole rings is 1. The molecule has 0 aliphatic heterocycles. The van der Waals surface area contributed by atoms with Crippen LogP contribution in [-0.4, -0.2) is 19.6 Å². The smallest absolute Gasteiger partial charge is 0.168 e. The van der Waals surface area contributed by atoms with Gasteiger partial charge in [-0.1, -0.05) is 0 Å². The van der Waals surface area contributed by atoms with Gasteiger partial charge in [0.25, 0.3) is 0 Å². The van der Waals surface area contributed by atoms with Crippen LogP contribution < -0.4 is 0 Å². The Hall–Kier alpha value is -1.20. The molecule has 2 heterocycles. The van der Waals surface area contributed by atoms with Crippen LogP contribution in [0.1, 0.15) is 18.7 Å². The molecule has 0 aliphatic carbocycles. The Morgan fingerprint density at radius 3 is 2.86 bits per heavy atom. The van der Waals surface area contributed by atoms with Gasteiger partial charge in [-0.25, -0.2) is 9.97 Å². The lowest BCUT2D eigenvalue weighted by atomic mass is 10.3. The Morgan fingerprint density at radius 2 is 2.36 bits per heavy atom. The number of aryl methyl sites for hydroxylation is 1. The Labute approximate surface area is 85.9 Å². The zero-order valence-corrected chi connectivity index (χ0v) is 8.82. The van der Waals surface area contributed by atoms with Gasteiger partial charge < -0.3 is 9.67 Å². The zero-order chi connectivity index (χ0) is 10.1. The number of thiazole rings is 1. The molecule has 0 aliphatic rings. The van der Waals surface area contributed by atoms with Gasteiger partial charge in [0.1, 0.15) is 0 Å². The average Bonchev–Trinajstić information content (AvgIpc) is 2.71. The number of hydrogen-bond donors (Lipinski definition) is 1. The van der Waals surface area contributed by atoms with Crippen LogP contribution in [0.4, 0.5) is 0 Å². The number of aliphatic hydroxyl groups is 1. The first-order valence-electron chi connectivity index (χ1n) is 4.29. The van der Waals surface area contributed by atoms with Crippen LogP contribution >= 0.6 is 11.3 Å². The molecule has 1 N–H and O–H groups in total. The highest BCUT2D eigenvalue weighted by Gasteiger charge is 2.11. The van der Waals surface area contributed by atoms with E-state index in [2.05, 4.69) is 9.97 Å². The second-order valence-corrected chi connectivity index (χ2v) is 3.97. The highest BCUT2D eigenvalue weighted by molar-refractivity contribution is 7.13. The summed E-state index contributed by atoms with van der Waals surface area (Å²) in [7, 11) is 1.92. The maximum absolute atomic E-state index is 9.32. The van der Waals surface area contributed by atoms with Crippen LogP contribution in [0.2, 0.25) is 0 Å². The van der Waals surface area contributed by atoms with Crippen molar-refractivity contribution >= 4 is 11.3 Å². The van der Waals surface area contributed by atoms with Crippen molar-refractivity contribution in [1.29, 1.82) is 0 Å². The van der Waals surface area contributed by atoms with Crippen molar-refractivity contribution < 1.29 is 5.11 Å². The van der Waals surface area contributed by atoms with E-state index in [1.165, 1.54) is 11.3 Å². The topological polar surface area (TPSA) is 50.9 Å². The standard InChI is InChI=1S/C9H11N3OS/c1-6(13)7-5-14-9(11-7)8-10-3-4-12(8)2/h3-6,13H,1-2H3. The number of nitrogens with zero attached hydrogens (tertiary/aromatic N) is 3.